The third-order valence-corrected chi connectivity index (χ3v) is 5.15. The van der Waals surface area contributed by atoms with Gasteiger partial charge in [-0.15, -0.1) is 4.33 Å². The van der Waals surface area contributed by atoms with Crippen LogP contribution in [0.1, 0.15) is 25.7 Å². The van der Waals surface area contributed by atoms with Gasteiger partial charge in [0, 0.05) is 0 Å². The summed E-state index contributed by atoms with van der Waals surface area (Å²) in [5, 5.41) is 1.55. The molecule has 0 saturated heterocycles. The van der Waals surface area contributed by atoms with Gasteiger partial charge in [-0.1, -0.05) is 5.04 Å². The third-order valence-electron chi connectivity index (χ3n) is 3.83. The molecule has 0 unspecified atom stereocenters. The van der Waals surface area contributed by atoms with Crippen LogP contribution < -0.4 is 0 Å². The molecule has 0 heterocycles. The van der Waals surface area contributed by atoms with E-state index in [9.17, 15) is 35.6 Å². The normalized spacial score (nSPS) is 21.2. The van der Waals surface area contributed by atoms with E-state index in [1.807, 2.05) is 0 Å². The van der Waals surface area contributed by atoms with Gasteiger partial charge in [-0.2, -0.15) is 26.0 Å². The molecule has 0 radical (unpaired) electrons. The summed E-state index contributed by atoms with van der Waals surface area (Å²) in [4.78, 5) is 22.3. The van der Waals surface area contributed by atoms with Crippen LogP contribution in [0.2, 0.25) is 0 Å². The van der Waals surface area contributed by atoms with E-state index in [1.165, 1.54) is 0 Å². The van der Waals surface area contributed by atoms with Crippen molar-refractivity contribution in [1.29, 1.82) is 0 Å². The first kappa shape index (κ1) is 24.8. The van der Waals surface area contributed by atoms with Crippen molar-refractivity contribution in [3.63, 3.8) is 0 Å². The summed E-state index contributed by atoms with van der Waals surface area (Å²) in [6.07, 6.45) is 1.28. The van der Waals surface area contributed by atoms with E-state index in [1.54, 1.807) is 0 Å². The van der Waals surface area contributed by atoms with Crippen molar-refractivity contribution < 1.29 is 64.2 Å². The zero-order valence-electron chi connectivity index (χ0n) is 13.9. The zero-order chi connectivity index (χ0) is 21.6. The predicted molar refractivity (Wildman–Crippen MR) is 81.2 cm³/mol. The first-order valence-corrected chi connectivity index (χ1v) is 9.72. The van der Waals surface area contributed by atoms with E-state index in [0.717, 1.165) is 0 Å². The fourth-order valence-electron chi connectivity index (χ4n) is 2.32. The number of alkyl halides is 4. The molecule has 1 fully saturated rings. The number of halogens is 4. The molecule has 0 amide bonds. The summed E-state index contributed by atoms with van der Waals surface area (Å²) in [7, 11) is -5.95. The Labute approximate surface area is 160 Å². The first-order valence-electron chi connectivity index (χ1n) is 7.54. The Balaban J connectivity index is 2.36. The van der Waals surface area contributed by atoms with Gasteiger partial charge in [0.2, 0.25) is 0 Å². The van der Waals surface area contributed by atoms with Crippen LogP contribution in [-0.2, 0) is 38.6 Å². The van der Waals surface area contributed by atoms with Crippen molar-refractivity contribution in [3.05, 3.63) is 0 Å². The monoisotopic (exact) mass is 460 g/mol. The van der Waals surface area contributed by atoms with Crippen molar-refractivity contribution in [1.82, 2.24) is 0 Å². The van der Waals surface area contributed by atoms with Gasteiger partial charge in [0.25, 0.3) is 0 Å². The summed E-state index contributed by atoms with van der Waals surface area (Å²) in [6, 6.07) is 0. The highest BCUT2D eigenvalue weighted by molar-refractivity contribution is 7.96. The van der Waals surface area contributed by atoms with Gasteiger partial charge >= 0.3 is 32.6 Å². The number of carbonyl (C=O) groups excluding carboxylic acids is 2. The smallest absolute Gasteiger partial charge is 0.460 e. The lowest BCUT2D eigenvalue weighted by Crippen LogP contribution is -2.39. The van der Waals surface area contributed by atoms with Gasteiger partial charge in [-0.25, -0.2) is 14.8 Å². The molecule has 2 N–H and O–H groups in total. The number of hydrogen-bond donors (Lipinski definition) is 2. The van der Waals surface area contributed by atoms with Crippen LogP contribution in [0.25, 0.3) is 0 Å². The molecule has 164 valence electrons. The highest BCUT2D eigenvalue weighted by Gasteiger charge is 2.54. The average Bonchev–Trinajstić information content (AvgIpc) is 2.62. The van der Waals surface area contributed by atoms with Crippen LogP contribution in [0.15, 0.2) is 0 Å². The third kappa shape index (κ3) is 7.00. The molecular formula is C12H16F4O10S2. The SMILES string of the molecule is O=C(OCC1CCC(COC(=O)C(F)(F)S(=O)(=O)O)CC1)C(F)(F)SOOO. The Bertz CT molecular complexity index is 649. The van der Waals surface area contributed by atoms with Gasteiger partial charge in [0.05, 0.1) is 13.2 Å². The fraction of sp³-hybridized carbons (Fsp3) is 0.833. The maximum absolute atomic E-state index is 13.2. The Morgan fingerprint density at radius 3 is 1.79 bits per heavy atom. The maximum atomic E-state index is 13.2. The van der Waals surface area contributed by atoms with Crippen molar-refractivity contribution in [2.45, 2.75) is 36.2 Å². The summed E-state index contributed by atoms with van der Waals surface area (Å²) in [6.45, 7) is -0.883. The number of hydrogen-bond acceptors (Lipinski definition) is 10. The van der Waals surface area contributed by atoms with Crippen LogP contribution in [0.3, 0.4) is 0 Å². The van der Waals surface area contributed by atoms with E-state index in [0.29, 0.717) is 25.7 Å². The second-order valence-electron chi connectivity index (χ2n) is 5.82. The van der Waals surface area contributed by atoms with Crippen molar-refractivity contribution in [2.75, 3.05) is 13.2 Å². The lowest BCUT2D eigenvalue weighted by Gasteiger charge is -2.28. The molecule has 10 nitrogen and oxygen atoms in total. The van der Waals surface area contributed by atoms with E-state index < -0.39 is 57.1 Å². The summed E-state index contributed by atoms with van der Waals surface area (Å²) >= 11 is -0.764. The minimum absolute atomic E-state index is 0.305. The topological polar surface area (TPSA) is 146 Å². The number of carbonyl (C=O) groups is 2. The van der Waals surface area contributed by atoms with Crippen LogP contribution in [0.5, 0.6) is 0 Å². The molecule has 0 aromatic heterocycles. The van der Waals surface area contributed by atoms with Crippen LogP contribution >= 0.6 is 12.0 Å². The van der Waals surface area contributed by atoms with E-state index in [4.69, 9.17) is 9.81 Å². The molecule has 28 heavy (non-hydrogen) atoms. The van der Waals surface area contributed by atoms with Gasteiger partial charge in [0.15, 0.2) is 0 Å². The van der Waals surface area contributed by atoms with Crippen LogP contribution in [0, 0.1) is 11.8 Å². The standard InChI is InChI=1S/C12H16F4O10S2/c13-11(14,27-26-25-19)9(17)23-5-7-1-3-8(4-2-7)6-24-10(18)12(15,16)28(20,21)22/h7-8,19H,1-6H2,(H,20,21,22). The molecule has 0 aromatic carbocycles. The summed E-state index contributed by atoms with van der Waals surface area (Å²) in [5.74, 6) is -5.04. The van der Waals surface area contributed by atoms with Gasteiger partial charge in [0.1, 0.15) is 12.0 Å². The molecule has 0 bridgehead atoms. The Kier molecular flexibility index (Phi) is 8.89. The minimum atomic E-state index is -5.95. The van der Waals surface area contributed by atoms with Gasteiger partial charge in [-0.05, 0) is 37.5 Å². The lowest BCUT2D eigenvalue weighted by atomic mass is 9.83. The summed E-state index contributed by atoms with van der Waals surface area (Å²) < 4.78 is 93.7. The minimum Gasteiger partial charge on any atom is -0.460 e. The number of esters is 2. The molecule has 0 aromatic rings. The lowest BCUT2D eigenvalue weighted by molar-refractivity contribution is -0.433. The Morgan fingerprint density at radius 1 is 0.964 bits per heavy atom. The Morgan fingerprint density at radius 2 is 1.39 bits per heavy atom. The molecule has 0 aliphatic heterocycles. The maximum Gasteiger partial charge on any atom is 0.465 e. The largest absolute Gasteiger partial charge is 0.465 e. The van der Waals surface area contributed by atoms with Gasteiger partial charge < -0.3 is 9.47 Å². The molecule has 1 aliphatic carbocycles. The average molecular weight is 460 g/mol. The van der Waals surface area contributed by atoms with E-state index >= 15 is 0 Å². The van der Waals surface area contributed by atoms with Crippen molar-refractivity contribution >= 4 is 34.1 Å². The molecule has 1 rings (SSSR count). The molecular weight excluding hydrogens is 444 g/mol. The second kappa shape index (κ2) is 10.0. The summed E-state index contributed by atoms with van der Waals surface area (Å²) in [5.41, 5.74) is 0. The molecule has 16 heteroatoms. The number of rotatable bonds is 10. The molecule has 1 saturated carbocycles. The fourth-order valence-corrected chi connectivity index (χ4v) is 2.83. The molecule has 0 atom stereocenters. The van der Waals surface area contributed by atoms with Crippen molar-refractivity contribution in [2.24, 2.45) is 11.8 Å². The predicted octanol–water partition coefficient (Wildman–Crippen LogP) is 2.02. The highest BCUT2D eigenvalue weighted by Crippen LogP contribution is 2.33. The zero-order valence-corrected chi connectivity index (χ0v) is 15.5. The molecule has 1 aliphatic rings. The number of ether oxygens (including phenoxy) is 2. The van der Waals surface area contributed by atoms with Crippen LogP contribution in [-0.4, -0.2) is 53.9 Å². The van der Waals surface area contributed by atoms with Crippen molar-refractivity contribution in [3.8, 4) is 0 Å². The Hall–Kier alpha value is -1.20. The first-order chi connectivity index (χ1) is 12.8. The van der Waals surface area contributed by atoms with E-state index in [-0.39, 0.29) is 12.5 Å². The highest BCUT2D eigenvalue weighted by atomic mass is 32.2. The quantitative estimate of drug-likeness (QED) is 0.123. The molecule has 0 spiro atoms. The van der Waals surface area contributed by atoms with E-state index in [2.05, 4.69) is 18.8 Å². The van der Waals surface area contributed by atoms with Gasteiger partial charge in [-0.3, -0.25) is 4.55 Å². The van der Waals surface area contributed by atoms with Crippen LogP contribution in [0.4, 0.5) is 17.6 Å². The second-order valence-corrected chi connectivity index (χ2v) is 8.10.